The molecule has 1 aliphatic heterocycles. The van der Waals surface area contributed by atoms with Gasteiger partial charge in [-0.25, -0.2) is 0 Å². The predicted molar refractivity (Wildman–Crippen MR) is 72.7 cm³/mol. The highest BCUT2D eigenvalue weighted by molar-refractivity contribution is 5.75. The van der Waals surface area contributed by atoms with Crippen molar-refractivity contribution in [1.82, 2.24) is 0 Å². The van der Waals surface area contributed by atoms with Gasteiger partial charge in [-0.05, 0) is 31.2 Å². The molecule has 0 aliphatic carbocycles. The molecule has 0 amide bonds. The largest absolute Gasteiger partial charge is 0.462 e. The van der Waals surface area contributed by atoms with E-state index in [0.717, 1.165) is 25.9 Å². The summed E-state index contributed by atoms with van der Waals surface area (Å²) < 4.78 is 10.6. The third kappa shape index (κ3) is 4.65. The van der Waals surface area contributed by atoms with Gasteiger partial charge in [-0.15, -0.1) is 0 Å². The van der Waals surface area contributed by atoms with Crippen molar-refractivity contribution in [1.29, 1.82) is 0 Å². The maximum atomic E-state index is 11.7. The first kappa shape index (κ1) is 14.0. The fraction of sp³-hybridized carbons (Fsp3) is 0.533. The Kier molecular flexibility index (Phi) is 5.36. The summed E-state index contributed by atoms with van der Waals surface area (Å²) in [6.07, 6.45) is 3.46. The van der Waals surface area contributed by atoms with Crippen LogP contribution in [-0.2, 0) is 20.7 Å². The van der Waals surface area contributed by atoms with Gasteiger partial charge in [-0.1, -0.05) is 30.3 Å². The van der Waals surface area contributed by atoms with Gasteiger partial charge in [0.2, 0.25) is 0 Å². The summed E-state index contributed by atoms with van der Waals surface area (Å²) in [5, 5.41) is 0. The standard InChI is InChI=1S/C15H21NO3/c16-14(9-8-12-5-2-1-3-6-12)15(17)19-11-13-7-4-10-18-13/h1-3,5-6,13-14H,4,7-11,16H2. The molecule has 2 atom stereocenters. The van der Waals surface area contributed by atoms with Crippen LogP contribution in [0.3, 0.4) is 0 Å². The lowest BCUT2D eigenvalue weighted by atomic mass is 10.1. The Balaban J connectivity index is 1.67. The average molecular weight is 263 g/mol. The monoisotopic (exact) mass is 263 g/mol. The molecule has 1 aromatic carbocycles. The quantitative estimate of drug-likeness (QED) is 0.793. The molecule has 0 spiro atoms. The molecule has 0 saturated carbocycles. The van der Waals surface area contributed by atoms with Crippen molar-refractivity contribution in [3.05, 3.63) is 35.9 Å². The molecule has 1 saturated heterocycles. The van der Waals surface area contributed by atoms with Crippen molar-refractivity contribution in [2.45, 2.75) is 37.8 Å². The van der Waals surface area contributed by atoms with Crippen LogP contribution >= 0.6 is 0 Å². The molecule has 0 aromatic heterocycles. The zero-order chi connectivity index (χ0) is 13.5. The second-order valence-electron chi connectivity index (χ2n) is 4.90. The molecular weight excluding hydrogens is 242 g/mol. The van der Waals surface area contributed by atoms with Gasteiger partial charge in [0.05, 0.1) is 6.10 Å². The molecule has 1 aromatic rings. The molecule has 2 rings (SSSR count). The molecule has 4 heteroatoms. The highest BCUT2D eigenvalue weighted by atomic mass is 16.6. The first-order chi connectivity index (χ1) is 9.25. The molecule has 19 heavy (non-hydrogen) atoms. The Morgan fingerprint density at radius 3 is 2.89 bits per heavy atom. The van der Waals surface area contributed by atoms with Gasteiger partial charge in [0.1, 0.15) is 12.6 Å². The number of ether oxygens (including phenoxy) is 2. The molecule has 2 N–H and O–H groups in total. The lowest BCUT2D eigenvalue weighted by Crippen LogP contribution is -2.34. The van der Waals surface area contributed by atoms with E-state index < -0.39 is 6.04 Å². The summed E-state index contributed by atoms with van der Waals surface area (Å²) in [6.45, 7) is 1.10. The van der Waals surface area contributed by atoms with E-state index in [1.54, 1.807) is 0 Å². The van der Waals surface area contributed by atoms with Crippen LogP contribution in [0, 0.1) is 0 Å². The van der Waals surface area contributed by atoms with Gasteiger partial charge >= 0.3 is 5.97 Å². The number of carbonyl (C=O) groups is 1. The fourth-order valence-corrected chi connectivity index (χ4v) is 2.14. The van der Waals surface area contributed by atoms with Crippen molar-refractivity contribution in [3.8, 4) is 0 Å². The maximum Gasteiger partial charge on any atom is 0.323 e. The number of carbonyl (C=O) groups excluding carboxylic acids is 1. The summed E-state index contributed by atoms with van der Waals surface area (Å²) in [6, 6.07) is 9.45. The van der Waals surface area contributed by atoms with Gasteiger partial charge in [0.25, 0.3) is 0 Å². The minimum absolute atomic E-state index is 0.0604. The highest BCUT2D eigenvalue weighted by Crippen LogP contribution is 2.12. The molecule has 1 aliphatic rings. The van der Waals surface area contributed by atoms with E-state index in [1.165, 1.54) is 5.56 Å². The molecule has 104 valence electrons. The maximum absolute atomic E-state index is 11.7. The smallest absolute Gasteiger partial charge is 0.323 e. The van der Waals surface area contributed by atoms with Crippen LogP contribution < -0.4 is 5.73 Å². The third-order valence-electron chi connectivity index (χ3n) is 3.33. The van der Waals surface area contributed by atoms with E-state index in [-0.39, 0.29) is 12.1 Å². The molecule has 0 radical (unpaired) electrons. The lowest BCUT2D eigenvalue weighted by molar-refractivity contribution is -0.148. The summed E-state index contributed by atoms with van der Waals surface area (Å²) in [7, 11) is 0. The Morgan fingerprint density at radius 2 is 2.21 bits per heavy atom. The summed E-state index contributed by atoms with van der Waals surface area (Å²) in [5.41, 5.74) is 7.02. The van der Waals surface area contributed by atoms with E-state index in [9.17, 15) is 4.79 Å². The fourth-order valence-electron chi connectivity index (χ4n) is 2.14. The summed E-state index contributed by atoms with van der Waals surface area (Å²) in [5.74, 6) is -0.327. The molecule has 1 fully saturated rings. The number of rotatable bonds is 6. The van der Waals surface area contributed by atoms with Crippen molar-refractivity contribution < 1.29 is 14.3 Å². The Bertz CT molecular complexity index is 388. The van der Waals surface area contributed by atoms with Crippen LogP contribution in [-0.4, -0.2) is 31.3 Å². The van der Waals surface area contributed by atoms with E-state index in [1.807, 2.05) is 30.3 Å². The van der Waals surface area contributed by atoms with E-state index >= 15 is 0 Å². The number of esters is 1. The number of hydrogen-bond donors (Lipinski definition) is 1. The normalized spacial score (nSPS) is 20.2. The first-order valence-corrected chi connectivity index (χ1v) is 6.83. The highest BCUT2D eigenvalue weighted by Gasteiger charge is 2.20. The zero-order valence-corrected chi connectivity index (χ0v) is 11.1. The van der Waals surface area contributed by atoms with E-state index in [4.69, 9.17) is 15.2 Å². The molecular formula is C15H21NO3. The lowest BCUT2D eigenvalue weighted by Gasteiger charge is -2.14. The van der Waals surface area contributed by atoms with Gasteiger partial charge in [-0.2, -0.15) is 0 Å². The third-order valence-corrected chi connectivity index (χ3v) is 3.33. The van der Waals surface area contributed by atoms with Crippen LogP contribution in [0.1, 0.15) is 24.8 Å². The Labute approximate surface area is 113 Å². The molecule has 0 bridgehead atoms. The molecule has 1 heterocycles. The first-order valence-electron chi connectivity index (χ1n) is 6.83. The molecule has 2 unspecified atom stereocenters. The second-order valence-corrected chi connectivity index (χ2v) is 4.90. The SMILES string of the molecule is NC(CCc1ccccc1)C(=O)OCC1CCCO1. The predicted octanol–water partition coefficient (Wildman–Crippen LogP) is 1.67. The number of nitrogens with two attached hydrogens (primary N) is 1. The topological polar surface area (TPSA) is 61.6 Å². The van der Waals surface area contributed by atoms with Crippen molar-refractivity contribution in [3.63, 3.8) is 0 Å². The summed E-state index contributed by atoms with van der Waals surface area (Å²) in [4.78, 5) is 11.7. The van der Waals surface area contributed by atoms with Gasteiger partial charge in [0, 0.05) is 6.61 Å². The summed E-state index contributed by atoms with van der Waals surface area (Å²) >= 11 is 0. The van der Waals surface area contributed by atoms with Crippen molar-refractivity contribution in [2.75, 3.05) is 13.2 Å². The van der Waals surface area contributed by atoms with Gasteiger partial charge in [-0.3, -0.25) is 4.79 Å². The number of hydrogen-bond acceptors (Lipinski definition) is 4. The minimum Gasteiger partial charge on any atom is -0.462 e. The van der Waals surface area contributed by atoms with Gasteiger partial charge < -0.3 is 15.2 Å². The van der Waals surface area contributed by atoms with Crippen LogP contribution in [0.15, 0.2) is 30.3 Å². The van der Waals surface area contributed by atoms with Crippen LogP contribution in [0.25, 0.3) is 0 Å². The second kappa shape index (κ2) is 7.26. The zero-order valence-electron chi connectivity index (χ0n) is 11.1. The van der Waals surface area contributed by atoms with Crippen LogP contribution in [0.5, 0.6) is 0 Å². The minimum atomic E-state index is -0.554. The van der Waals surface area contributed by atoms with E-state index in [2.05, 4.69) is 0 Å². The number of benzene rings is 1. The average Bonchev–Trinajstić information content (AvgIpc) is 2.96. The Hall–Kier alpha value is -1.39. The van der Waals surface area contributed by atoms with Crippen LogP contribution in [0.2, 0.25) is 0 Å². The number of aryl methyl sites for hydroxylation is 1. The molecule has 4 nitrogen and oxygen atoms in total. The Morgan fingerprint density at radius 1 is 1.42 bits per heavy atom. The van der Waals surface area contributed by atoms with Gasteiger partial charge in [0.15, 0.2) is 0 Å². The van der Waals surface area contributed by atoms with Crippen molar-refractivity contribution >= 4 is 5.97 Å². The van der Waals surface area contributed by atoms with E-state index in [0.29, 0.717) is 13.0 Å². The van der Waals surface area contributed by atoms with Crippen molar-refractivity contribution in [2.24, 2.45) is 5.73 Å². The van der Waals surface area contributed by atoms with Crippen LogP contribution in [0.4, 0.5) is 0 Å².